The van der Waals surface area contributed by atoms with Crippen molar-refractivity contribution in [3.05, 3.63) is 65.5 Å². The summed E-state index contributed by atoms with van der Waals surface area (Å²) in [7, 11) is 0. The second-order valence-corrected chi connectivity index (χ2v) is 4.59. The highest BCUT2D eigenvalue weighted by molar-refractivity contribution is 5.79. The van der Waals surface area contributed by atoms with Crippen molar-refractivity contribution in [1.82, 2.24) is 0 Å². The summed E-state index contributed by atoms with van der Waals surface area (Å²) in [6.07, 6.45) is 3.56. The minimum atomic E-state index is -0.206. The SMILES string of the molecule is O=Cc1ccccc1OCCCCc1ccc(F)cc1. The molecule has 0 saturated heterocycles. The number of carbonyl (C=O) groups excluding carboxylic acids is 1. The zero-order valence-electron chi connectivity index (χ0n) is 11.2. The number of rotatable bonds is 7. The molecular formula is C17H17FO2. The Morgan fingerprint density at radius 1 is 1.00 bits per heavy atom. The summed E-state index contributed by atoms with van der Waals surface area (Å²) in [6.45, 7) is 0.575. The zero-order valence-corrected chi connectivity index (χ0v) is 11.2. The monoisotopic (exact) mass is 272 g/mol. The number of carbonyl (C=O) groups is 1. The molecule has 0 amide bonds. The maximum absolute atomic E-state index is 12.7. The second kappa shape index (κ2) is 7.43. The predicted octanol–water partition coefficient (Wildman–Crippen LogP) is 4.04. The molecule has 2 aromatic rings. The molecule has 0 bridgehead atoms. The fourth-order valence-electron chi connectivity index (χ4n) is 1.97. The van der Waals surface area contributed by atoms with Crippen LogP contribution in [0.15, 0.2) is 48.5 Å². The van der Waals surface area contributed by atoms with Crippen molar-refractivity contribution in [2.75, 3.05) is 6.61 Å². The van der Waals surface area contributed by atoms with E-state index in [1.54, 1.807) is 24.3 Å². The van der Waals surface area contributed by atoms with Gasteiger partial charge < -0.3 is 4.74 Å². The van der Waals surface area contributed by atoms with E-state index in [2.05, 4.69) is 0 Å². The first-order valence-corrected chi connectivity index (χ1v) is 6.71. The molecule has 0 unspecified atom stereocenters. The number of unbranched alkanes of at least 4 members (excludes halogenated alkanes) is 1. The van der Waals surface area contributed by atoms with Gasteiger partial charge in [0.2, 0.25) is 0 Å². The largest absolute Gasteiger partial charge is 0.493 e. The van der Waals surface area contributed by atoms with Crippen molar-refractivity contribution in [2.24, 2.45) is 0 Å². The first kappa shape index (κ1) is 14.3. The molecule has 2 nitrogen and oxygen atoms in total. The van der Waals surface area contributed by atoms with Crippen molar-refractivity contribution in [2.45, 2.75) is 19.3 Å². The number of para-hydroxylation sites is 1. The Bertz CT molecular complexity index is 549. The number of hydrogen-bond acceptors (Lipinski definition) is 2. The normalized spacial score (nSPS) is 10.2. The summed E-state index contributed by atoms with van der Waals surface area (Å²) in [6, 6.07) is 13.8. The van der Waals surface area contributed by atoms with Crippen LogP contribution < -0.4 is 4.74 Å². The van der Waals surface area contributed by atoms with Gasteiger partial charge >= 0.3 is 0 Å². The van der Waals surface area contributed by atoms with E-state index in [1.165, 1.54) is 12.1 Å². The van der Waals surface area contributed by atoms with Crippen LogP contribution in [0.4, 0.5) is 4.39 Å². The van der Waals surface area contributed by atoms with Gasteiger partial charge in [0.25, 0.3) is 0 Å². The van der Waals surface area contributed by atoms with E-state index in [-0.39, 0.29) is 5.82 Å². The molecule has 2 aromatic carbocycles. The average Bonchev–Trinajstić information content (AvgIpc) is 2.49. The van der Waals surface area contributed by atoms with E-state index in [0.29, 0.717) is 17.9 Å². The van der Waals surface area contributed by atoms with E-state index in [0.717, 1.165) is 31.1 Å². The minimum Gasteiger partial charge on any atom is -0.493 e. The fraction of sp³-hybridized carbons (Fsp3) is 0.235. The summed E-state index contributed by atoms with van der Waals surface area (Å²) in [4.78, 5) is 10.8. The van der Waals surface area contributed by atoms with Crippen LogP contribution in [0.3, 0.4) is 0 Å². The Kier molecular flexibility index (Phi) is 5.30. The molecular weight excluding hydrogens is 255 g/mol. The molecule has 0 saturated carbocycles. The Balaban J connectivity index is 1.71. The molecule has 0 N–H and O–H groups in total. The number of hydrogen-bond donors (Lipinski definition) is 0. The molecule has 2 rings (SSSR count). The lowest BCUT2D eigenvalue weighted by Gasteiger charge is -2.08. The van der Waals surface area contributed by atoms with Gasteiger partial charge in [-0.3, -0.25) is 4.79 Å². The molecule has 0 aromatic heterocycles. The molecule has 0 heterocycles. The van der Waals surface area contributed by atoms with Crippen LogP contribution in [0.2, 0.25) is 0 Å². The van der Waals surface area contributed by atoms with Gasteiger partial charge in [0.1, 0.15) is 11.6 Å². The summed E-state index contributed by atoms with van der Waals surface area (Å²) in [5.74, 6) is 0.423. The first-order chi connectivity index (χ1) is 9.79. The fourth-order valence-corrected chi connectivity index (χ4v) is 1.97. The molecule has 0 radical (unpaired) electrons. The Hall–Kier alpha value is -2.16. The van der Waals surface area contributed by atoms with E-state index in [1.807, 2.05) is 12.1 Å². The quantitative estimate of drug-likeness (QED) is 0.561. The van der Waals surface area contributed by atoms with Gasteiger partial charge in [-0.15, -0.1) is 0 Å². The lowest BCUT2D eigenvalue weighted by Crippen LogP contribution is -2.00. The van der Waals surface area contributed by atoms with Crippen molar-refractivity contribution >= 4 is 6.29 Å². The highest BCUT2D eigenvalue weighted by atomic mass is 19.1. The van der Waals surface area contributed by atoms with E-state index >= 15 is 0 Å². The Morgan fingerprint density at radius 2 is 1.75 bits per heavy atom. The van der Waals surface area contributed by atoms with Gasteiger partial charge in [0, 0.05) is 0 Å². The number of benzene rings is 2. The third-order valence-electron chi connectivity index (χ3n) is 3.08. The molecule has 0 aliphatic carbocycles. The van der Waals surface area contributed by atoms with Crippen LogP contribution in [0.25, 0.3) is 0 Å². The van der Waals surface area contributed by atoms with E-state index < -0.39 is 0 Å². The topological polar surface area (TPSA) is 26.3 Å². The van der Waals surface area contributed by atoms with Crippen molar-refractivity contribution < 1.29 is 13.9 Å². The Labute approximate surface area is 118 Å². The number of aldehydes is 1. The van der Waals surface area contributed by atoms with Crippen LogP contribution in [-0.2, 0) is 6.42 Å². The predicted molar refractivity (Wildman–Crippen MR) is 76.7 cm³/mol. The highest BCUT2D eigenvalue weighted by Gasteiger charge is 2.01. The average molecular weight is 272 g/mol. The number of aryl methyl sites for hydroxylation is 1. The second-order valence-electron chi connectivity index (χ2n) is 4.59. The van der Waals surface area contributed by atoms with E-state index in [9.17, 15) is 9.18 Å². The van der Waals surface area contributed by atoms with E-state index in [4.69, 9.17) is 4.74 Å². The van der Waals surface area contributed by atoms with Crippen LogP contribution in [0.1, 0.15) is 28.8 Å². The number of halogens is 1. The van der Waals surface area contributed by atoms with Crippen LogP contribution >= 0.6 is 0 Å². The van der Waals surface area contributed by atoms with Crippen molar-refractivity contribution in [3.63, 3.8) is 0 Å². The van der Waals surface area contributed by atoms with Gasteiger partial charge in [-0.25, -0.2) is 4.39 Å². The van der Waals surface area contributed by atoms with Gasteiger partial charge in [-0.1, -0.05) is 24.3 Å². The highest BCUT2D eigenvalue weighted by Crippen LogP contribution is 2.16. The summed E-state index contributed by atoms with van der Waals surface area (Å²) in [5.41, 5.74) is 1.70. The molecule has 0 atom stereocenters. The standard InChI is InChI=1S/C17H17FO2/c18-16-10-8-14(9-11-16)5-3-4-12-20-17-7-2-1-6-15(17)13-19/h1-2,6-11,13H,3-5,12H2. The lowest BCUT2D eigenvalue weighted by atomic mass is 10.1. The number of ether oxygens (including phenoxy) is 1. The van der Waals surface area contributed by atoms with Gasteiger partial charge in [0.15, 0.2) is 6.29 Å². The van der Waals surface area contributed by atoms with Crippen molar-refractivity contribution in [3.8, 4) is 5.75 Å². The Morgan fingerprint density at radius 3 is 2.50 bits per heavy atom. The maximum Gasteiger partial charge on any atom is 0.153 e. The molecule has 0 aliphatic heterocycles. The third kappa shape index (κ3) is 4.19. The molecule has 0 spiro atoms. The molecule has 3 heteroatoms. The minimum absolute atomic E-state index is 0.206. The molecule has 104 valence electrons. The third-order valence-corrected chi connectivity index (χ3v) is 3.08. The van der Waals surface area contributed by atoms with Gasteiger partial charge in [-0.2, -0.15) is 0 Å². The smallest absolute Gasteiger partial charge is 0.153 e. The van der Waals surface area contributed by atoms with Gasteiger partial charge in [0.05, 0.1) is 12.2 Å². The lowest BCUT2D eigenvalue weighted by molar-refractivity contribution is 0.111. The zero-order chi connectivity index (χ0) is 14.2. The summed E-state index contributed by atoms with van der Waals surface area (Å²) in [5, 5.41) is 0. The maximum atomic E-state index is 12.7. The summed E-state index contributed by atoms with van der Waals surface area (Å²) >= 11 is 0. The van der Waals surface area contributed by atoms with Crippen molar-refractivity contribution in [1.29, 1.82) is 0 Å². The molecule has 20 heavy (non-hydrogen) atoms. The van der Waals surface area contributed by atoms with Gasteiger partial charge in [-0.05, 0) is 49.1 Å². The van der Waals surface area contributed by atoms with Crippen LogP contribution in [0, 0.1) is 5.82 Å². The van der Waals surface area contributed by atoms with Crippen LogP contribution in [0.5, 0.6) is 5.75 Å². The van der Waals surface area contributed by atoms with Crippen LogP contribution in [-0.4, -0.2) is 12.9 Å². The summed E-state index contributed by atoms with van der Waals surface area (Å²) < 4.78 is 18.3. The first-order valence-electron chi connectivity index (χ1n) is 6.71. The molecule has 0 aliphatic rings. The molecule has 0 fully saturated rings.